The van der Waals surface area contributed by atoms with Crippen molar-refractivity contribution in [3.05, 3.63) is 0 Å². The summed E-state index contributed by atoms with van der Waals surface area (Å²) in [6.45, 7) is 2.60. The molecule has 5 heteroatoms. The quantitative estimate of drug-likeness (QED) is 0.702. The Balaban J connectivity index is 2.40. The zero-order valence-corrected chi connectivity index (χ0v) is 7.59. The number of amides is 1. The Kier molecular flexibility index (Phi) is 3.59. The minimum Gasteiger partial charge on any atom is -0.336 e. The zero-order valence-electron chi connectivity index (χ0n) is 7.59. The number of alkyl halides is 2. The second-order valence-corrected chi connectivity index (χ2v) is 3.07. The van der Waals surface area contributed by atoms with Crippen LogP contribution in [0.4, 0.5) is 8.78 Å². The molecular weight excluding hydrogens is 178 g/mol. The molecule has 1 amide bonds. The van der Waals surface area contributed by atoms with E-state index in [1.165, 1.54) is 4.90 Å². The van der Waals surface area contributed by atoms with Crippen LogP contribution in [0.25, 0.3) is 0 Å². The molecule has 0 aromatic carbocycles. The van der Waals surface area contributed by atoms with Gasteiger partial charge in [0.25, 0.3) is 6.43 Å². The lowest BCUT2D eigenvalue weighted by atomic mass is 10.2. The van der Waals surface area contributed by atoms with Crippen LogP contribution < -0.4 is 5.32 Å². The second-order valence-electron chi connectivity index (χ2n) is 3.07. The molecule has 0 bridgehead atoms. The maximum atomic E-state index is 12.0. The van der Waals surface area contributed by atoms with Gasteiger partial charge in [0.1, 0.15) is 0 Å². The van der Waals surface area contributed by atoms with Gasteiger partial charge in [-0.15, -0.1) is 0 Å². The van der Waals surface area contributed by atoms with E-state index >= 15 is 0 Å². The van der Waals surface area contributed by atoms with E-state index in [0.29, 0.717) is 19.5 Å². The van der Waals surface area contributed by atoms with Crippen molar-refractivity contribution in [1.29, 1.82) is 0 Å². The lowest BCUT2D eigenvalue weighted by molar-refractivity contribution is -0.131. The Bertz CT molecular complexity index is 187. The maximum Gasteiger partial charge on any atom is 0.255 e. The van der Waals surface area contributed by atoms with E-state index in [0.717, 1.165) is 0 Å². The number of likely N-dealkylation sites (tertiary alicyclic amines) is 1. The molecule has 1 atom stereocenters. The van der Waals surface area contributed by atoms with Crippen LogP contribution in [0.1, 0.15) is 13.3 Å². The van der Waals surface area contributed by atoms with Gasteiger partial charge < -0.3 is 10.2 Å². The average molecular weight is 192 g/mol. The molecule has 0 radical (unpaired) electrons. The fraction of sp³-hybridized carbons (Fsp3) is 0.875. The van der Waals surface area contributed by atoms with Gasteiger partial charge >= 0.3 is 0 Å². The van der Waals surface area contributed by atoms with Crippen molar-refractivity contribution < 1.29 is 13.6 Å². The van der Waals surface area contributed by atoms with E-state index < -0.39 is 13.0 Å². The van der Waals surface area contributed by atoms with Crippen molar-refractivity contribution in [3.8, 4) is 0 Å². The third kappa shape index (κ3) is 2.62. The van der Waals surface area contributed by atoms with Gasteiger partial charge in [-0.25, -0.2) is 8.78 Å². The number of nitrogens with one attached hydrogen (secondary N) is 1. The number of hydrogen-bond acceptors (Lipinski definition) is 2. The fourth-order valence-electron chi connectivity index (χ4n) is 1.52. The SMILES string of the molecule is CCNC1CCN(CC(F)F)C1=O. The molecule has 0 spiro atoms. The summed E-state index contributed by atoms with van der Waals surface area (Å²) in [7, 11) is 0. The predicted octanol–water partition coefficient (Wildman–Crippen LogP) is 0.462. The van der Waals surface area contributed by atoms with E-state index in [1.807, 2.05) is 6.92 Å². The molecule has 13 heavy (non-hydrogen) atoms. The average Bonchev–Trinajstić information content (AvgIpc) is 2.36. The molecule has 0 saturated carbocycles. The minimum absolute atomic E-state index is 0.192. The van der Waals surface area contributed by atoms with Gasteiger partial charge in [-0.05, 0) is 13.0 Å². The van der Waals surface area contributed by atoms with E-state index in [9.17, 15) is 13.6 Å². The van der Waals surface area contributed by atoms with Crippen LogP contribution in [0.15, 0.2) is 0 Å². The molecule has 0 aromatic heterocycles. The summed E-state index contributed by atoms with van der Waals surface area (Å²) < 4.78 is 23.9. The minimum atomic E-state index is -2.43. The first-order valence-corrected chi connectivity index (χ1v) is 4.45. The first-order valence-electron chi connectivity index (χ1n) is 4.45. The third-order valence-electron chi connectivity index (χ3n) is 2.11. The summed E-state index contributed by atoms with van der Waals surface area (Å²) in [5, 5.41) is 2.96. The van der Waals surface area contributed by atoms with Crippen LogP contribution in [-0.4, -0.2) is 42.9 Å². The second kappa shape index (κ2) is 4.50. The first kappa shape index (κ1) is 10.4. The van der Waals surface area contributed by atoms with Gasteiger partial charge in [0.15, 0.2) is 0 Å². The highest BCUT2D eigenvalue weighted by atomic mass is 19.3. The molecule has 1 aliphatic heterocycles. The van der Waals surface area contributed by atoms with Gasteiger partial charge in [0.2, 0.25) is 5.91 Å². The van der Waals surface area contributed by atoms with Crippen molar-refractivity contribution in [3.63, 3.8) is 0 Å². The Morgan fingerprint density at radius 1 is 1.69 bits per heavy atom. The summed E-state index contributed by atoms with van der Waals surface area (Å²) in [5.74, 6) is -0.192. The summed E-state index contributed by atoms with van der Waals surface area (Å²) in [4.78, 5) is 12.6. The predicted molar refractivity (Wildman–Crippen MR) is 44.7 cm³/mol. The molecule has 3 nitrogen and oxygen atoms in total. The van der Waals surface area contributed by atoms with Crippen molar-refractivity contribution in [1.82, 2.24) is 10.2 Å². The van der Waals surface area contributed by atoms with Crippen molar-refractivity contribution >= 4 is 5.91 Å². The van der Waals surface area contributed by atoms with E-state index in [-0.39, 0.29) is 11.9 Å². The standard InChI is InChI=1S/C8H14F2N2O/c1-2-11-6-3-4-12(8(6)13)5-7(9)10/h6-7,11H,2-5H2,1H3. The zero-order chi connectivity index (χ0) is 9.84. The Hall–Kier alpha value is -0.710. The number of carbonyl (C=O) groups is 1. The van der Waals surface area contributed by atoms with Crippen LogP contribution in [0.5, 0.6) is 0 Å². The first-order chi connectivity index (χ1) is 6.15. The van der Waals surface area contributed by atoms with Crippen molar-refractivity contribution in [2.45, 2.75) is 25.8 Å². The fourth-order valence-corrected chi connectivity index (χ4v) is 1.52. The lowest BCUT2D eigenvalue weighted by Gasteiger charge is -2.15. The van der Waals surface area contributed by atoms with E-state index in [1.54, 1.807) is 0 Å². The molecular formula is C8H14F2N2O. The molecule has 0 aliphatic carbocycles. The molecule has 1 heterocycles. The van der Waals surface area contributed by atoms with Crippen LogP contribution in [0.2, 0.25) is 0 Å². The van der Waals surface area contributed by atoms with Crippen LogP contribution in [-0.2, 0) is 4.79 Å². The van der Waals surface area contributed by atoms with Gasteiger partial charge in [-0.1, -0.05) is 6.92 Å². The number of halogens is 2. The van der Waals surface area contributed by atoms with Crippen LogP contribution in [0, 0.1) is 0 Å². The number of carbonyl (C=O) groups excluding carboxylic acids is 1. The van der Waals surface area contributed by atoms with Gasteiger partial charge in [-0.3, -0.25) is 4.79 Å². The molecule has 1 fully saturated rings. The third-order valence-corrected chi connectivity index (χ3v) is 2.11. The topological polar surface area (TPSA) is 32.3 Å². The van der Waals surface area contributed by atoms with Gasteiger partial charge in [0.05, 0.1) is 12.6 Å². The smallest absolute Gasteiger partial charge is 0.255 e. The largest absolute Gasteiger partial charge is 0.336 e. The van der Waals surface area contributed by atoms with Crippen molar-refractivity contribution in [2.75, 3.05) is 19.6 Å². The molecule has 1 unspecified atom stereocenters. The van der Waals surface area contributed by atoms with Gasteiger partial charge in [-0.2, -0.15) is 0 Å². The Morgan fingerprint density at radius 2 is 2.38 bits per heavy atom. The Morgan fingerprint density at radius 3 is 2.92 bits per heavy atom. The molecule has 1 aliphatic rings. The number of nitrogens with zero attached hydrogens (tertiary/aromatic N) is 1. The van der Waals surface area contributed by atoms with Crippen molar-refractivity contribution in [2.24, 2.45) is 0 Å². The molecule has 76 valence electrons. The Labute approximate surface area is 76.1 Å². The summed E-state index contributed by atoms with van der Waals surface area (Å²) >= 11 is 0. The lowest BCUT2D eigenvalue weighted by Crippen LogP contribution is -2.39. The number of rotatable bonds is 4. The maximum absolute atomic E-state index is 12.0. The summed E-state index contributed by atoms with van der Waals surface area (Å²) in [6, 6.07) is -0.247. The molecule has 1 rings (SSSR count). The van der Waals surface area contributed by atoms with E-state index in [2.05, 4.69) is 5.32 Å². The van der Waals surface area contributed by atoms with Crippen LogP contribution >= 0.6 is 0 Å². The van der Waals surface area contributed by atoms with Crippen LogP contribution in [0.3, 0.4) is 0 Å². The summed E-state index contributed by atoms with van der Waals surface area (Å²) in [5.41, 5.74) is 0. The molecule has 1 saturated heterocycles. The van der Waals surface area contributed by atoms with E-state index in [4.69, 9.17) is 0 Å². The molecule has 1 N–H and O–H groups in total. The highest BCUT2D eigenvalue weighted by Gasteiger charge is 2.31. The monoisotopic (exact) mass is 192 g/mol. The highest BCUT2D eigenvalue weighted by molar-refractivity contribution is 5.83. The summed E-state index contributed by atoms with van der Waals surface area (Å²) in [6.07, 6.45) is -1.79. The number of likely N-dealkylation sites (N-methyl/N-ethyl adjacent to an activating group) is 1. The highest BCUT2D eigenvalue weighted by Crippen LogP contribution is 2.12. The number of hydrogen-bond donors (Lipinski definition) is 1. The normalized spacial score (nSPS) is 23.2. The molecule has 0 aromatic rings. The van der Waals surface area contributed by atoms with Gasteiger partial charge in [0, 0.05) is 6.54 Å².